The molecule has 0 amide bonds. The molecule has 33 heavy (non-hydrogen) atoms. The second kappa shape index (κ2) is 10.1. The number of aromatic hydroxyl groups is 2. The van der Waals surface area contributed by atoms with Crippen LogP contribution in [0, 0.1) is 11.8 Å². The lowest BCUT2D eigenvalue weighted by Crippen LogP contribution is -2.55. The van der Waals surface area contributed by atoms with E-state index in [-0.39, 0.29) is 35.3 Å². The highest BCUT2D eigenvalue weighted by Gasteiger charge is 2.68. The number of ether oxygens (including phenoxy) is 2. The third-order valence-electron chi connectivity index (χ3n) is 6.88. The van der Waals surface area contributed by atoms with Crippen LogP contribution in [0.15, 0.2) is 6.07 Å². The number of aldehydes is 1. The molecule has 4 N–H and O–H groups in total. The minimum Gasteiger partial charge on any atom is -0.507 e. The Kier molecular flexibility index (Phi) is 7.84. The van der Waals surface area contributed by atoms with Gasteiger partial charge in [0.1, 0.15) is 11.5 Å². The first-order chi connectivity index (χ1) is 15.6. The Morgan fingerprint density at radius 2 is 1.94 bits per heavy atom. The number of carbonyl (C=O) groups excluding carboxylic acids is 2. The van der Waals surface area contributed by atoms with Gasteiger partial charge >= 0.3 is 0 Å². The molecule has 0 radical (unpaired) electrons. The van der Waals surface area contributed by atoms with E-state index in [9.17, 15) is 30.0 Å². The molecule has 2 saturated heterocycles. The minimum atomic E-state index is -1.37. The number of benzene rings is 1. The molecule has 8 nitrogen and oxygen atoms in total. The van der Waals surface area contributed by atoms with Gasteiger partial charge in [0.2, 0.25) is 0 Å². The van der Waals surface area contributed by atoms with Gasteiger partial charge in [-0.3, -0.25) is 9.59 Å². The second-order valence-corrected chi connectivity index (χ2v) is 9.67. The molecule has 2 aliphatic rings. The highest BCUT2D eigenvalue weighted by atomic mass is 16.7. The van der Waals surface area contributed by atoms with Crippen LogP contribution in [0.1, 0.15) is 86.1 Å². The summed E-state index contributed by atoms with van der Waals surface area (Å²) < 4.78 is 11.4. The molecule has 1 aromatic carbocycles. The first-order valence-electron chi connectivity index (χ1n) is 11.9. The van der Waals surface area contributed by atoms with Gasteiger partial charge in [0.25, 0.3) is 0 Å². The number of aliphatic hydroxyl groups is 2. The van der Waals surface area contributed by atoms with E-state index < -0.39 is 41.5 Å². The Balaban J connectivity index is 1.95. The monoisotopic (exact) mass is 464 g/mol. The Labute approximate surface area is 194 Å². The standard InChI is InChI=1S/C25H36O8/c1-5-7-8-15(18-11-19(27)25(24(31)32-18)20(6-2)33-25)22(29)16-10-14(9-13(3)4)21(28)17(12-26)23(16)30/h10,12-13,15,18-20,24,27-28,30-31H,5-9,11H2,1-4H3/t15?,18?,19?,20-,24+,25?/m0/s1. The summed E-state index contributed by atoms with van der Waals surface area (Å²) in [5.74, 6) is -1.94. The van der Waals surface area contributed by atoms with Crippen LogP contribution in [0.4, 0.5) is 0 Å². The summed E-state index contributed by atoms with van der Waals surface area (Å²) >= 11 is 0. The highest BCUT2D eigenvalue weighted by molar-refractivity contribution is 6.04. The van der Waals surface area contributed by atoms with Gasteiger partial charge in [-0.1, -0.05) is 40.5 Å². The third-order valence-corrected chi connectivity index (χ3v) is 6.88. The Morgan fingerprint density at radius 1 is 1.24 bits per heavy atom. The lowest BCUT2D eigenvalue weighted by molar-refractivity contribution is -0.239. The molecule has 0 aromatic heterocycles. The summed E-state index contributed by atoms with van der Waals surface area (Å²) in [6.45, 7) is 7.76. The van der Waals surface area contributed by atoms with Gasteiger partial charge in [-0.05, 0) is 36.8 Å². The quantitative estimate of drug-likeness (QED) is 0.235. The largest absolute Gasteiger partial charge is 0.507 e. The van der Waals surface area contributed by atoms with E-state index in [1.807, 2.05) is 27.7 Å². The van der Waals surface area contributed by atoms with Gasteiger partial charge in [-0.2, -0.15) is 0 Å². The zero-order valence-electron chi connectivity index (χ0n) is 19.8. The zero-order valence-corrected chi connectivity index (χ0v) is 19.8. The average Bonchev–Trinajstić information content (AvgIpc) is 3.50. The molecule has 2 fully saturated rings. The maximum atomic E-state index is 13.7. The van der Waals surface area contributed by atoms with Crippen molar-refractivity contribution in [3.8, 4) is 11.5 Å². The number of hydrogen-bond acceptors (Lipinski definition) is 8. The van der Waals surface area contributed by atoms with E-state index in [2.05, 4.69) is 0 Å². The smallest absolute Gasteiger partial charge is 0.189 e. The number of epoxide rings is 1. The number of ketones is 1. The van der Waals surface area contributed by atoms with E-state index in [4.69, 9.17) is 9.47 Å². The lowest BCUT2D eigenvalue weighted by Gasteiger charge is -2.39. The minimum absolute atomic E-state index is 0.0615. The Hall–Kier alpha value is -2.00. The lowest BCUT2D eigenvalue weighted by atomic mass is 9.80. The summed E-state index contributed by atoms with van der Waals surface area (Å²) in [7, 11) is 0. The van der Waals surface area contributed by atoms with Crippen molar-refractivity contribution in [2.75, 3.05) is 0 Å². The summed E-state index contributed by atoms with van der Waals surface area (Å²) in [5, 5.41) is 42.5. The van der Waals surface area contributed by atoms with Crippen LogP contribution in [-0.4, -0.2) is 62.7 Å². The molecule has 2 heterocycles. The zero-order chi connectivity index (χ0) is 24.5. The van der Waals surface area contributed by atoms with E-state index in [0.29, 0.717) is 37.5 Å². The number of phenolic OH excluding ortho intramolecular Hbond substituents is 2. The molecule has 0 saturated carbocycles. The number of rotatable bonds is 10. The van der Waals surface area contributed by atoms with Crippen molar-refractivity contribution < 1.29 is 39.5 Å². The van der Waals surface area contributed by atoms with Gasteiger partial charge in [-0.15, -0.1) is 0 Å². The molecule has 184 valence electrons. The predicted molar refractivity (Wildman–Crippen MR) is 120 cm³/mol. The van der Waals surface area contributed by atoms with Crippen molar-refractivity contribution in [1.82, 2.24) is 0 Å². The van der Waals surface area contributed by atoms with Crippen LogP contribution in [0.25, 0.3) is 0 Å². The SMILES string of the molecule is CCCCC(C(=O)c1cc(CC(C)C)c(O)c(C=O)c1O)C1CC(O)C2(O[C@H]2CC)[C@H](O)O1. The molecule has 3 rings (SSSR count). The molecule has 1 aromatic rings. The average molecular weight is 465 g/mol. The Bertz CT molecular complexity index is 868. The number of aliphatic hydroxyl groups excluding tert-OH is 2. The van der Waals surface area contributed by atoms with Crippen LogP contribution in [0.3, 0.4) is 0 Å². The van der Waals surface area contributed by atoms with Crippen LogP contribution in [-0.2, 0) is 15.9 Å². The fourth-order valence-electron chi connectivity index (χ4n) is 5.03. The van der Waals surface area contributed by atoms with E-state index in [0.717, 1.165) is 6.42 Å². The highest BCUT2D eigenvalue weighted by Crippen LogP contribution is 2.50. The molecular weight excluding hydrogens is 428 g/mol. The fraction of sp³-hybridized carbons (Fsp3) is 0.680. The molecule has 0 bridgehead atoms. The van der Waals surface area contributed by atoms with Crippen molar-refractivity contribution in [1.29, 1.82) is 0 Å². The van der Waals surface area contributed by atoms with Crippen LogP contribution >= 0.6 is 0 Å². The van der Waals surface area contributed by atoms with Crippen LogP contribution in [0.2, 0.25) is 0 Å². The molecule has 2 aliphatic heterocycles. The van der Waals surface area contributed by atoms with Gasteiger partial charge in [0, 0.05) is 12.3 Å². The van der Waals surface area contributed by atoms with Crippen LogP contribution in [0.5, 0.6) is 11.5 Å². The maximum absolute atomic E-state index is 13.7. The van der Waals surface area contributed by atoms with Gasteiger partial charge in [0.15, 0.2) is 24.0 Å². The first kappa shape index (κ1) is 25.6. The topological polar surface area (TPSA) is 137 Å². The Morgan fingerprint density at radius 3 is 2.45 bits per heavy atom. The maximum Gasteiger partial charge on any atom is 0.189 e. The number of phenols is 2. The van der Waals surface area contributed by atoms with Crippen molar-refractivity contribution >= 4 is 12.1 Å². The number of unbranched alkanes of at least 4 members (excludes halogenated alkanes) is 1. The molecule has 4 unspecified atom stereocenters. The summed E-state index contributed by atoms with van der Waals surface area (Å²) in [6.07, 6.45) is -0.0511. The van der Waals surface area contributed by atoms with Crippen molar-refractivity contribution in [2.24, 2.45) is 11.8 Å². The normalized spacial score (nSPS) is 29.9. The summed E-state index contributed by atoms with van der Waals surface area (Å²) in [6, 6.07) is 1.44. The van der Waals surface area contributed by atoms with Gasteiger partial charge < -0.3 is 29.9 Å². The molecular formula is C25H36O8. The summed E-state index contributed by atoms with van der Waals surface area (Å²) in [5.41, 5.74) is -1.12. The fourth-order valence-corrected chi connectivity index (χ4v) is 5.03. The molecule has 0 aliphatic carbocycles. The number of carbonyl (C=O) groups is 2. The van der Waals surface area contributed by atoms with E-state index >= 15 is 0 Å². The molecule has 1 spiro atoms. The third kappa shape index (κ3) is 4.67. The molecule has 8 heteroatoms. The number of hydrogen-bond donors (Lipinski definition) is 4. The van der Waals surface area contributed by atoms with E-state index in [1.165, 1.54) is 6.07 Å². The first-order valence-corrected chi connectivity index (χ1v) is 11.9. The molecule has 6 atom stereocenters. The second-order valence-electron chi connectivity index (χ2n) is 9.67. The van der Waals surface area contributed by atoms with Crippen molar-refractivity contribution in [2.45, 2.75) is 96.4 Å². The number of Topliss-reactive ketones (excluding diaryl/α,β-unsaturated/α-hetero) is 1. The van der Waals surface area contributed by atoms with Crippen LogP contribution < -0.4 is 0 Å². The summed E-state index contributed by atoms with van der Waals surface area (Å²) in [4.78, 5) is 25.3. The van der Waals surface area contributed by atoms with Crippen molar-refractivity contribution in [3.63, 3.8) is 0 Å². The predicted octanol–water partition coefficient (Wildman–Crippen LogP) is 3.11. The van der Waals surface area contributed by atoms with Crippen molar-refractivity contribution in [3.05, 3.63) is 22.8 Å². The van der Waals surface area contributed by atoms with Gasteiger partial charge in [-0.25, -0.2) is 0 Å². The van der Waals surface area contributed by atoms with E-state index in [1.54, 1.807) is 0 Å². The van der Waals surface area contributed by atoms with Gasteiger partial charge in [0.05, 0.1) is 29.4 Å².